The second-order valence-electron chi connectivity index (χ2n) is 5.61. The maximum atomic E-state index is 12.4. The molecule has 0 saturated carbocycles. The van der Waals surface area contributed by atoms with E-state index < -0.39 is 6.04 Å². The van der Waals surface area contributed by atoms with Crippen LogP contribution in [0.15, 0.2) is 65.6 Å². The molecule has 3 rings (SSSR count). The third-order valence-electron chi connectivity index (χ3n) is 3.87. The van der Waals surface area contributed by atoms with Crippen LogP contribution < -0.4 is 15.6 Å². The molecule has 2 heterocycles. The van der Waals surface area contributed by atoms with Crippen LogP contribution in [0.2, 0.25) is 0 Å². The number of hydrogen-bond donors (Lipinski definition) is 1. The van der Waals surface area contributed by atoms with E-state index >= 15 is 0 Å². The van der Waals surface area contributed by atoms with Crippen molar-refractivity contribution in [3.05, 3.63) is 71.1 Å². The van der Waals surface area contributed by atoms with Crippen LogP contribution >= 0.6 is 0 Å². The monoisotopic (exact) mass is 350 g/mol. The number of rotatable bonds is 5. The highest BCUT2D eigenvalue weighted by molar-refractivity contribution is 5.92. The molecule has 132 valence electrons. The molecule has 0 radical (unpaired) electrons. The van der Waals surface area contributed by atoms with Crippen molar-refractivity contribution in [2.75, 3.05) is 12.4 Å². The van der Waals surface area contributed by atoms with Gasteiger partial charge in [0.2, 0.25) is 5.91 Å². The van der Waals surface area contributed by atoms with Crippen LogP contribution in [0.25, 0.3) is 11.3 Å². The van der Waals surface area contributed by atoms with Crippen molar-refractivity contribution in [1.82, 2.24) is 14.8 Å². The molecular formula is C19H18N4O3. The highest BCUT2D eigenvalue weighted by Gasteiger charge is 2.18. The lowest BCUT2D eigenvalue weighted by Gasteiger charge is -2.14. The summed E-state index contributed by atoms with van der Waals surface area (Å²) in [6, 6.07) is 14.7. The summed E-state index contributed by atoms with van der Waals surface area (Å²) in [6.45, 7) is 1.62. The molecule has 1 atom stereocenters. The third-order valence-corrected chi connectivity index (χ3v) is 3.87. The summed E-state index contributed by atoms with van der Waals surface area (Å²) >= 11 is 0. The van der Waals surface area contributed by atoms with E-state index in [9.17, 15) is 9.59 Å². The zero-order chi connectivity index (χ0) is 18.5. The number of aromatic nitrogens is 3. The number of benzene rings is 1. The Bertz CT molecular complexity index is 953. The summed E-state index contributed by atoms with van der Waals surface area (Å²) in [6.07, 6.45) is 1.58. The van der Waals surface area contributed by atoms with Crippen LogP contribution in [0.3, 0.4) is 0 Å². The van der Waals surface area contributed by atoms with Gasteiger partial charge in [0.15, 0.2) is 0 Å². The number of carbonyl (C=O) groups excluding carboxylic acids is 1. The number of methoxy groups -OCH3 is 1. The Morgan fingerprint density at radius 2 is 1.88 bits per heavy atom. The maximum absolute atomic E-state index is 12.4. The van der Waals surface area contributed by atoms with Gasteiger partial charge >= 0.3 is 0 Å². The van der Waals surface area contributed by atoms with E-state index in [2.05, 4.69) is 15.4 Å². The molecule has 1 aromatic carbocycles. The molecule has 0 unspecified atom stereocenters. The van der Waals surface area contributed by atoms with E-state index in [1.807, 2.05) is 24.3 Å². The van der Waals surface area contributed by atoms with Gasteiger partial charge in [0.05, 0.1) is 12.8 Å². The van der Waals surface area contributed by atoms with Gasteiger partial charge in [-0.2, -0.15) is 5.10 Å². The first-order valence-corrected chi connectivity index (χ1v) is 8.04. The molecule has 2 aromatic heterocycles. The van der Waals surface area contributed by atoms with E-state index in [0.29, 0.717) is 11.5 Å². The van der Waals surface area contributed by atoms with Crippen LogP contribution in [0.4, 0.5) is 5.82 Å². The van der Waals surface area contributed by atoms with Gasteiger partial charge < -0.3 is 10.1 Å². The largest absolute Gasteiger partial charge is 0.497 e. The smallest absolute Gasteiger partial charge is 0.267 e. The molecule has 0 aliphatic rings. The van der Waals surface area contributed by atoms with Gasteiger partial charge in [-0.3, -0.25) is 9.59 Å². The Balaban J connectivity index is 1.86. The molecule has 0 bridgehead atoms. The van der Waals surface area contributed by atoms with Crippen molar-refractivity contribution in [1.29, 1.82) is 0 Å². The predicted molar refractivity (Wildman–Crippen MR) is 98.1 cm³/mol. The number of carbonyl (C=O) groups is 1. The molecule has 1 amide bonds. The molecule has 26 heavy (non-hydrogen) atoms. The lowest BCUT2D eigenvalue weighted by atomic mass is 10.1. The molecule has 7 heteroatoms. The van der Waals surface area contributed by atoms with E-state index in [4.69, 9.17) is 4.74 Å². The number of ether oxygens (including phenoxy) is 1. The first-order valence-electron chi connectivity index (χ1n) is 8.04. The summed E-state index contributed by atoms with van der Waals surface area (Å²) < 4.78 is 6.30. The molecule has 3 aromatic rings. The lowest BCUT2D eigenvalue weighted by molar-refractivity contribution is -0.119. The average Bonchev–Trinajstić information content (AvgIpc) is 2.68. The topological polar surface area (TPSA) is 86.1 Å². The quantitative estimate of drug-likeness (QED) is 0.764. The molecule has 0 saturated heterocycles. The van der Waals surface area contributed by atoms with Gasteiger partial charge in [0.25, 0.3) is 5.56 Å². The molecule has 0 spiro atoms. The Morgan fingerprint density at radius 1 is 1.12 bits per heavy atom. The van der Waals surface area contributed by atoms with E-state index in [1.165, 1.54) is 6.07 Å². The molecule has 0 aliphatic heterocycles. The van der Waals surface area contributed by atoms with Gasteiger partial charge in [-0.25, -0.2) is 9.67 Å². The Morgan fingerprint density at radius 3 is 2.54 bits per heavy atom. The number of anilines is 1. The van der Waals surface area contributed by atoms with Crippen LogP contribution in [0.5, 0.6) is 5.75 Å². The molecule has 1 N–H and O–H groups in total. The van der Waals surface area contributed by atoms with Crippen molar-refractivity contribution in [3.63, 3.8) is 0 Å². The molecular weight excluding hydrogens is 332 g/mol. The van der Waals surface area contributed by atoms with Crippen LogP contribution in [-0.4, -0.2) is 27.8 Å². The number of nitrogens with zero attached hydrogens (tertiary/aromatic N) is 3. The number of amides is 1. The minimum absolute atomic E-state index is 0.356. The molecule has 0 aliphatic carbocycles. The average molecular weight is 350 g/mol. The SMILES string of the molecule is COc1ccc(-c2ccc(=O)n([C@H](C)C(=O)Nc3ccccn3)n2)cc1. The van der Waals surface area contributed by atoms with Crippen LogP contribution in [0.1, 0.15) is 13.0 Å². The number of hydrogen-bond acceptors (Lipinski definition) is 5. The van der Waals surface area contributed by atoms with Gasteiger partial charge in [-0.1, -0.05) is 6.07 Å². The first-order chi connectivity index (χ1) is 12.6. The lowest BCUT2D eigenvalue weighted by Crippen LogP contribution is -2.33. The summed E-state index contributed by atoms with van der Waals surface area (Å²) in [4.78, 5) is 28.7. The van der Waals surface area contributed by atoms with Crippen molar-refractivity contribution in [2.24, 2.45) is 0 Å². The van der Waals surface area contributed by atoms with Crippen molar-refractivity contribution < 1.29 is 9.53 Å². The summed E-state index contributed by atoms with van der Waals surface area (Å²) in [5.41, 5.74) is 1.05. The highest BCUT2D eigenvalue weighted by Crippen LogP contribution is 2.20. The Labute approximate surface area is 150 Å². The summed E-state index contributed by atoms with van der Waals surface area (Å²) in [5, 5.41) is 7.02. The van der Waals surface area contributed by atoms with Crippen LogP contribution in [0, 0.1) is 0 Å². The first kappa shape index (κ1) is 17.3. The van der Waals surface area contributed by atoms with Crippen molar-refractivity contribution >= 4 is 11.7 Å². The fourth-order valence-electron chi connectivity index (χ4n) is 2.40. The normalized spacial score (nSPS) is 11.6. The van der Waals surface area contributed by atoms with Gasteiger partial charge in [-0.05, 0) is 49.4 Å². The van der Waals surface area contributed by atoms with E-state index in [0.717, 1.165) is 16.0 Å². The fraction of sp³-hybridized carbons (Fsp3) is 0.158. The van der Waals surface area contributed by atoms with Gasteiger partial charge in [-0.15, -0.1) is 0 Å². The minimum Gasteiger partial charge on any atom is -0.497 e. The Kier molecular flexibility index (Phi) is 5.07. The Hall–Kier alpha value is -3.48. The zero-order valence-corrected chi connectivity index (χ0v) is 14.4. The fourth-order valence-corrected chi connectivity index (χ4v) is 2.40. The standard InChI is InChI=1S/C19H18N4O3/c1-13(19(25)21-17-5-3-4-12-20-17)23-18(24)11-10-16(22-23)14-6-8-15(26-2)9-7-14/h3-13H,1-2H3,(H,20,21,25)/t13-/m1/s1. The van der Waals surface area contributed by atoms with Gasteiger partial charge in [0, 0.05) is 17.8 Å². The maximum Gasteiger partial charge on any atom is 0.267 e. The third kappa shape index (κ3) is 3.77. The summed E-state index contributed by atoms with van der Waals surface area (Å²) in [7, 11) is 1.59. The molecule has 7 nitrogen and oxygen atoms in total. The number of nitrogens with one attached hydrogen (secondary N) is 1. The molecule has 0 fully saturated rings. The number of pyridine rings is 1. The van der Waals surface area contributed by atoms with Gasteiger partial charge in [0.1, 0.15) is 17.6 Å². The summed E-state index contributed by atoms with van der Waals surface area (Å²) in [5.74, 6) is 0.777. The van der Waals surface area contributed by atoms with Crippen LogP contribution in [-0.2, 0) is 4.79 Å². The minimum atomic E-state index is -0.789. The highest BCUT2D eigenvalue weighted by atomic mass is 16.5. The van der Waals surface area contributed by atoms with E-state index in [-0.39, 0.29) is 11.5 Å². The van der Waals surface area contributed by atoms with E-state index in [1.54, 1.807) is 44.5 Å². The second kappa shape index (κ2) is 7.60. The predicted octanol–water partition coefficient (Wildman–Crippen LogP) is 2.51. The van der Waals surface area contributed by atoms with Crippen molar-refractivity contribution in [2.45, 2.75) is 13.0 Å². The zero-order valence-electron chi connectivity index (χ0n) is 14.4. The van der Waals surface area contributed by atoms with Crippen molar-refractivity contribution in [3.8, 4) is 17.0 Å². The second-order valence-corrected chi connectivity index (χ2v) is 5.61.